The molecular weight excluding hydrogens is 286 g/mol. The molecular formula is C12H17NO4S2. The van der Waals surface area contributed by atoms with Gasteiger partial charge in [0, 0.05) is 0 Å². The number of nitrogens with one attached hydrogen (secondary N) is 1. The summed E-state index contributed by atoms with van der Waals surface area (Å²) in [6.07, 6.45) is 2.92. The van der Waals surface area contributed by atoms with Crippen molar-refractivity contribution < 1.29 is 18.3 Å². The second kappa shape index (κ2) is 4.82. The van der Waals surface area contributed by atoms with Crippen LogP contribution in [-0.4, -0.2) is 31.8 Å². The highest BCUT2D eigenvalue weighted by molar-refractivity contribution is 7.89. The molecule has 0 amide bonds. The lowest BCUT2D eigenvalue weighted by molar-refractivity contribution is 0.0996. The Hall–Kier alpha value is -0.470. The number of aliphatic hydroxyl groups is 1. The molecule has 3 atom stereocenters. The minimum absolute atomic E-state index is 0.0105. The molecule has 106 valence electrons. The number of thiophene rings is 1. The molecule has 2 aliphatic heterocycles. The highest BCUT2D eigenvalue weighted by Crippen LogP contribution is 2.36. The standard InChI is InChI=1S/C12H17NO4S2/c1-7-6-18-11(5-14)12(7)19(15,16)13-9-4-8-2-3-10(9)17-8/h6,8-10,13-14H,2-5H2,1H3. The number of fused-ring (bicyclic) bond motifs is 2. The third kappa shape index (κ3) is 2.34. The Bertz CT molecular complexity index is 581. The Balaban J connectivity index is 1.85. The fourth-order valence-corrected chi connectivity index (χ4v) is 5.92. The van der Waals surface area contributed by atoms with E-state index < -0.39 is 10.0 Å². The van der Waals surface area contributed by atoms with Crippen LogP contribution < -0.4 is 4.72 Å². The minimum atomic E-state index is -3.58. The zero-order valence-corrected chi connectivity index (χ0v) is 12.3. The van der Waals surface area contributed by atoms with Crippen LogP contribution in [0.15, 0.2) is 10.3 Å². The lowest BCUT2D eigenvalue weighted by atomic mass is 9.96. The molecule has 2 fully saturated rings. The molecule has 3 rings (SSSR count). The molecule has 1 aromatic rings. The average Bonchev–Trinajstić information content (AvgIpc) is 3.02. The molecule has 7 heteroatoms. The van der Waals surface area contributed by atoms with Crippen LogP contribution >= 0.6 is 11.3 Å². The van der Waals surface area contributed by atoms with Crippen molar-refractivity contribution in [2.24, 2.45) is 0 Å². The van der Waals surface area contributed by atoms with Crippen LogP contribution in [0, 0.1) is 6.92 Å². The maximum absolute atomic E-state index is 12.5. The van der Waals surface area contributed by atoms with E-state index in [4.69, 9.17) is 4.74 Å². The molecule has 0 aliphatic carbocycles. The number of aliphatic hydroxyl groups excluding tert-OH is 1. The van der Waals surface area contributed by atoms with Crippen LogP contribution in [0.25, 0.3) is 0 Å². The second-order valence-electron chi connectivity index (χ2n) is 5.17. The smallest absolute Gasteiger partial charge is 0.242 e. The number of rotatable bonds is 4. The van der Waals surface area contributed by atoms with E-state index in [-0.39, 0.29) is 29.8 Å². The third-order valence-electron chi connectivity index (χ3n) is 3.81. The van der Waals surface area contributed by atoms with Crippen molar-refractivity contribution in [3.8, 4) is 0 Å². The van der Waals surface area contributed by atoms with Crippen LogP contribution in [0.1, 0.15) is 29.7 Å². The predicted molar refractivity (Wildman–Crippen MR) is 71.6 cm³/mol. The van der Waals surface area contributed by atoms with E-state index in [0.29, 0.717) is 10.4 Å². The first-order valence-electron chi connectivity index (χ1n) is 6.37. The molecule has 1 aromatic heterocycles. The summed E-state index contributed by atoms with van der Waals surface area (Å²) < 4.78 is 33.3. The maximum atomic E-state index is 12.5. The van der Waals surface area contributed by atoms with Gasteiger partial charge in [0.15, 0.2) is 0 Å². The van der Waals surface area contributed by atoms with Crippen LogP contribution in [0.2, 0.25) is 0 Å². The number of aryl methyl sites for hydroxylation is 1. The second-order valence-corrected chi connectivity index (χ2v) is 7.78. The van der Waals surface area contributed by atoms with Crippen molar-refractivity contribution in [1.29, 1.82) is 0 Å². The third-order valence-corrected chi connectivity index (χ3v) is 6.75. The minimum Gasteiger partial charge on any atom is -0.391 e. The van der Waals surface area contributed by atoms with Gasteiger partial charge < -0.3 is 9.84 Å². The van der Waals surface area contributed by atoms with Crippen molar-refractivity contribution in [1.82, 2.24) is 4.72 Å². The first-order valence-corrected chi connectivity index (χ1v) is 8.73. The Morgan fingerprint density at radius 1 is 1.53 bits per heavy atom. The average molecular weight is 303 g/mol. The Labute approximate surface area is 116 Å². The van der Waals surface area contributed by atoms with Crippen LogP contribution in [0.4, 0.5) is 0 Å². The number of hydrogen-bond acceptors (Lipinski definition) is 5. The maximum Gasteiger partial charge on any atom is 0.242 e. The molecule has 0 saturated carbocycles. The fraction of sp³-hybridized carbons (Fsp3) is 0.667. The summed E-state index contributed by atoms with van der Waals surface area (Å²) in [6, 6.07) is -0.130. The summed E-state index contributed by atoms with van der Waals surface area (Å²) in [4.78, 5) is 0.733. The van der Waals surface area contributed by atoms with Gasteiger partial charge in [0.2, 0.25) is 10.0 Å². The molecule has 19 heavy (non-hydrogen) atoms. The quantitative estimate of drug-likeness (QED) is 0.875. The van der Waals surface area contributed by atoms with Gasteiger partial charge in [-0.25, -0.2) is 13.1 Å². The largest absolute Gasteiger partial charge is 0.391 e. The summed E-state index contributed by atoms with van der Waals surface area (Å²) in [6.45, 7) is 1.50. The van der Waals surface area contributed by atoms with E-state index in [2.05, 4.69) is 4.72 Å². The molecule has 3 unspecified atom stereocenters. The molecule has 2 aliphatic rings. The van der Waals surface area contributed by atoms with Crippen molar-refractivity contribution in [2.75, 3.05) is 0 Å². The molecule has 3 heterocycles. The topological polar surface area (TPSA) is 75.6 Å². The summed E-state index contributed by atoms with van der Waals surface area (Å²) in [5.74, 6) is 0. The van der Waals surface area contributed by atoms with Gasteiger partial charge in [0.05, 0.1) is 29.7 Å². The number of ether oxygens (including phenoxy) is 1. The van der Waals surface area contributed by atoms with E-state index in [1.54, 1.807) is 12.3 Å². The van der Waals surface area contributed by atoms with Gasteiger partial charge in [-0.15, -0.1) is 11.3 Å². The van der Waals surface area contributed by atoms with Crippen LogP contribution in [-0.2, 0) is 21.4 Å². The van der Waals surface area contributed by atoms with E-state index in [1.807, 2.05) is 0 Å². The Morgan fingerprint density at radius 3 is 2.89 bits per heavy atom. The van der Waals surface area contributed by atoms with Gasteiger partial charge in [0.1, 0.15) is 4.90 Å². The van der Waals surface area contributed by atoms with Gasteiger partial charge in [-0.3, -0.25) is 0 Å². The summed E-state index contributed by atoms with van der Waals surface area (Å²) >= 11 is 1.28. The van der Waals surface area contributed by atoms with Gasteiger partial charge >= 0.3 is 0 Å². The lowest BCUT2D eigenvalue weighted by Crippen LogP contribution is -2.41. The predicted octanol–water partition coefficient (Wildman–Crippen LogP) is 1.15. The van der Waals surface area contributed by atoms with E-state index in [1.165, 1.54) is 11.3 Å². The Morgan fingerprint density at radius 2 is 2.32 bits per heavy atom. The monoisotopic (exact) mass is 303 g/mol. The molecule has 0 radical (unpaired) electrons. The van der Waals surface area contributed by atoms with Gasteiger partial charge in [0.25, 0.3) is 0 Å². The molecule has 2 bridgehead atoms. The highest BCUT2D eigenvalue weighted by Gasteiger charge is 2.43. The molecule has 0 aromatic carbocycles. The molecule has 5 nitrogen and oxygen atoms in total. The first kappa shape index (κ1) is 13.5. The van der Waals surface area contributed by atoms with E-state index >= 15 is 0 Å². The molecule has 2 saturated heterocycles. The first-order chi connectivity index (χ1) is 9.01. The summed E-state index contributed by atoms with van der Waals surface area (Å²) in [7, 11) is -3.58. The fourth-order valence-electron chi connectivity index (χ4n) is 2.98. The molecule has 2 N–H and O–H groups in total. The Kier molecular flexibility index (Phi) is 3.43. The van der Waals surface area contributed by atoms with Crippen LogP contribution in [0.3, 0.4) is 0 Å². The number of hydrogen-bond donors (Lipinski definition) is 2. The zero-order valence-electron chi connectivity index (χ0n) is 10.6. The van der Waals surface area contributed by atoms with E-state index in [9.17, 15) is 13.5 Å². The van der Waals surface area contributed by atoms with Gasteiger partial charge in [-0.05, 0) is 37.1 Å². The lowest BCUT2D eigenvalue weighted by Gasteiger charge is -2.20. The van der Waals surface area contributed by atoms with Crippen molar-refractivity contribution >= 4 is 21.4 Å². The summed E-state index contributed by atoms with van der Waals surface area (Å²) in [5.41, 5.74) is 0.686. The van der Waals surface area contributed by atoms with Crippen molar-refractivity contribution in [2.45, 2.75) is 55.9 Å². The van der Waals surface area contributed by atoms with E-state index in [0.717, 1.165) is 19.3 Å². The van der Waals surface area contributed by atoms with Gasteiger partial charge in [-0.2, -0.15) is 0 Å². The van der Waals surface area contributed by atoms with Crippen LogP contribution in [0.5, 0.6) is 0 Å². The highest BCUT2D eigenvalue weighted by atomic mass is 32.2. The van der Waals surface area contributed by atoms with Gasteiger partial charge in [-0.1, -0.05) is 0 Å². The number of sulfonamides is 1. The summed E-state index contributed by atoms with van der Waals surface area (Å²) in [5, 5.41) is 11.0. The normalized spacial score (nSPS) is 30.1. The van der Waals surface area contributed by atoms with Crippen molar-refractivity contribution in [3.63, 3.8) is 0 Å². The SMILES string of the molecule is Cc1csc(CO)c1S(=O)(=O)NC1CC2CCC1O2. The zero-order chi connectivity index (χ0) is 13.6. The van der Waals surface area contributed by atoms with Crippen molar-refractivity contribution in [3.05, 3.63) is 15.8 Å². The molecule has 0 spiro atoms.